The fraction of sp³-hybridized carbons (Fsp3) is 0.429. The average Bonchev–Trinajstić information content (AvgIpc) is 2.78. The lowest BCUT2D eigenvalue weighted by Gasteiger charge is -2.11. The number of aromatic amines is 1. The summed E-state index contributed by atoms with van der Waals surface area (Å²) in [5.74, 6) is 0.173. The molecule has 1 N–H and O–H groups in total. The lowest BCUT2D eigenvalue weighted by Crippen LogP contribution is -2.17. The van der Waals surface area contributed by atoms with E-state index in [1.807, 2.05) is 32.0 Å². The van der Waals surface area contributed by atoms with Crippen LogP contribution >= 0.6 is 15.9 Å². The number of nitrogens with one attached hydrogen (secondary N) is 1. The van der Waals surface area contributed by atoms with E-state index >= 15 is 0 Å². The molecule has 0 spiro atoms. The Morgan fingerprint density at radius 1 is 1.47 bits per heavy atom. The van der Waals surface area contributed by atoms with Gasteiger partial charge in [-0.25, -0.2) is 4.98 Å². The summed E-state index contributed by atoms with van der Waals surface area (Å²) in [6, 6.07) is 5.82. The molecule has 19 heavy (non-hydrogen) atoms. The number of rotatable bonds is 5. The number of nitrogens with zero attached hydrogens (tertiary/aromatic N) is 1. The molecule has 1 heterocycles. The fourth-order valence-corrected chi connectivity index (χ4v) is 2.43. The predicted octanol–water partition coefficient (Wildman–Crippen LogP) is 3.77. The Kier molecular flexibility index (Phi) is 4.58. The molecule has 1 aromatic heterocycles. The van der Waals surface area contributed by atoms with Gasteiger partial charge in [0.15, 0.2) is 0 Å². The van der Waals surface area contributed by atoms with Gasteiger partial charge in [-0.05, 0) is 31.5 Å². The molecule has 102 valence electrons. The maximum atomic E-state index is 12.0. The van der Waals surface area contributed by atoms with Crippen molar-refractivity contribution in [2.45, 2.75) is 32.6 Å². The summed E-state index contributed by atoms with van der Waals surface area (Å²) in [6.07, 6.45) is 1.64. The van der Waals surface area contributed by atoms with Gasteiger partial charge in [0.1, 0.15) is 11.7 Å². The molecule has 0 saturated heterocycles. The van der Waals surface area contributed by atoms with Gasteiger partial charge < -0.3 is 9.72 Å². The standard InChI is InChI=1S/C14H17BrN2O2/c1-3-5-10(14(18)19-4-2)13-16-11-7-6-9(15)8-12(11)17-13/h6-8,10H,3-5H2,1-2H3,(H,16,17). The summed E-state index contributed by atoms with van der Waals surface area (Å²) in [7, 11) is 0. The quantitative estimate of drug-likeness (QED) is 0.851. The molecule has 5 heteroatoms. The molecule has 1 unspecified atom stereocenters. The molecule has 0 radical (unpaired) electrons. The monoisotopic (exact) mass is 324 g/mol. The van der Waals surface area contributed by atoms with E-state index in [2.05, 4.69) is 25.9 Å². The van der Waals surface area contributed by atoms with Crippen molar-refractivity contribution in [3.63, 3.8) is 0 Å². The van der Waals surface area contributed by atoms with Gasteiger partial charge in [-0.15, -0.1) is 0 Å². The van der Waals surface area contributed by atoms with Crippen LogP contribution in [0.1, 0.15) is 38.4 Å². The van der Waals surface area contributed by atoms with Crippen LogP contribution in [-0.4, -0.2) is 22.5 Å². The topological polar surface area (TPSA) is 55.0 Å². The Balaban J connectivity index is 2.35. The highest BCUT2D eigenvalue weighted by Crippen LogP contribution is 2.25. The maximum Gasteiger partial charge on any atom is 0.316 e. The molecule has 0 aliphatic heterocycles. The van der Waals surface area contributed by atoms with Gasteiger partial charge in [-0.2, -0.15) is 0 Å². The van der Waals surface area contributed by atoms with Gasteiger partial charge in [0.05, 0.1) is 17.6 Å². The van der Waals surface area contributed by atoms with Crippen molar-refractivity contribution in [1.29, 1.82) is 0 Å². The summed E-state index contributed by atoms with van der Waals surface area (Å²) >= 11 is 3.42. The van der Waals surface area contributed by atoms with Crippen LogP contribution in [0.4, 0.5) is 0 Å². The summed E-state index contributed by atoms with van der Waals surface area (Å²) in [5, 5.41) is 0. The van der Waals surface area contributed by atoms with E-state index in [4.69, 9.17) is 4.74 Å². The number of imidazole rings is 1. The molecule has 1 atom stereocenters. The zero-order valence-electron chi connectivity index (χ0n) is 11.1. The molecule has 0 aliphatic carbocycles. The van der Waals surface area contributed by atoms with Gasteiger partial charge in [0.25, 0.3) is 0 Å². The minimum atomic E-state index is -0.309. The second-order valence-corrected chi connectivity index (χ2v) is 5.29. The first-order chi connectivity index (χ1) is 9.15. The molecule has 2 aromatic rings. The predicted molar refractivity (Wildman–Crippen MR) is 78.1 cm³/mol. The molecule has 0 aliphatic rings. The number of esters is 1. The Morgan fingerprint density at radius 3 is 2.95 bits per heavy atom. The molecule has 1 aromatic carbocycles. The fourth-order valence-electron chi connectivity index (χ4n) is 2.06. The van der Waals surface area contributed by atoms with E-state index in [0.29, 0.717) is 12.4 Å². The first-order valence-electron chi connectivity index (χ1n) is 6.47. The van der Waals surface area contributed by atoms with Crippen molar-refractivity contribution in [1.82, 2.24) is 9.97 Å². The smallest absolute Gasteiger partial charge is 0.316 e. The van der Waals surface area contributed by atoms with Crippen LogP contribution in [0, 0.1) is 0 Å². The number of carbonyl (C=O) groups excluding carboxylic acids is 1. The van der Waals surface area contributed by atoms with E-state index < -0.39 is 0 Å². The third-order valence-electron chi connectivity index (χ3n) is 2.94. The zero-order chi connectivity index (χ0) is 13.8. The van der Waals surface area contributed by atoms with Crippen LogP contribution in [0.15, 0.2) is 22.7 Å². The van der Waals surface area contributed by atoms with Crippen LogP contribution in [0.25, 0.3) is 11.0 Å². The second kappa shape index (κ2) is 6.19. The van der Waals surface area contributed by atoms with Gasteiger partial charge >= 0.3 is 5.97 Å². The highest BCUT2D eigenvalue weighted by molar-refractivity contribution is 9.10. The first-order valence-corrected chi connectivity index (χ1v) is 7.26. The first kappa shape index (κ1) is 14.1. The van der Waals surface area contributed by atoms with Crippen molar-refractivity contribution in [3.8, 4) is 0 Å². The van der Waals surface area contributed by atoms with Gasteiger partial charge in [0, 0.05) is 4.47 Å². The number of H-pyrrole nitrogens is 1. The summed E-state index contributed by atoms with van der Waals surface area (Å²) in [4.78, 5) is 19.7. The number of ether oxygens (including phenoxy) is 1. The average molecular weight is 325 g/mol. The Labute approximate surface area is 120 Å². The van der Waals surface area contributed by atoms with Crippen LogP contribution in [0.5, 0.6) is 0 Å². The largest absolute Gasteiger partial charge is 0.465 e. The lowest BCUT2D eigenvalue weighted by molar-refractivity contribution is -0.145. The number of halogens is 1. The minimum absolute atomic E-state index is 0.206. The van der Waals surface area contributed by atoms with E-state index in [1.165, 1.54) is 0 Å². The maximum absolute atomic E-state index is 12.0. The Bertz CT molecular complexity index is 580. The van der Waals surface area contributed by atoms with Crippen molar-refractivity contribution in [2.24, 2.45) is 0 Å². The van der Waals surface area contributed by atoms with Crippen molar-refractivity contribution in [2.75, 3.05) is 6.61 Å². The zero-order valence-corrected chi connectivity index (χ0v) is 12.7. The van der Waals surface area contributed by atoms with E-state index in [9.17, 15) is 4.79 Å². The van der Waals surface area contributed by atoms with Gasteiger partial charge in [0.2, 0.25) is 0 Å². The summed E-state index contributed by atoms with van der Waals surface area (Å²) in [6.45, 7) is 4.26. The van der Waals surface area contributed by atoms with Gasteiger partial charge in [-0.3, -0.25) is 4.79 Å². The summed E-state index contributed by atoms with van der Waals surface area (Å²) < 4.78 is 6.11. The number of benzene rings is 1. The van der Waals surface area contributed by atoms with Crippen LogP contribution in [0.2, 0.25) is 0 Å². The van der Waals surface area contributed by atoms with E-state index in [0.717, 1.165) is 28.3 Å². The molecule has 0 saturated carbocycles. The molecule has 2 rings (SSSR count). The van der Waals surface area contributed by atoms with Crippen molar-refractivity contribution >= 4 is 32.9 Å². The van der Waals surface area contributed by atoms with Crippen LogP contribution in [-0.2, 0) is 9.53 Å². The Morgan fingerprint density at radius 2 is 2.26 bits per heavy atom. The van der Waals surface area contributed by atoms with Crippen molar-refractivity contribution in [3.05, 3.63) is 28.5 Å². The molecule has 0 bridgehead atoms. The Hall–Kier alpha value is -1.36. The number of fused-ring (bicyclic) bond motifs is 1. The highest BCUT2D eigenvalue weighted by Gasteiger charge is 2.24. The molecular formula is C14H17BrN2O2. The number of hydrogen-bond donors (Lipinski definition) is 1. The third kappa shape index (κ3) is 3.15. The highest BCUT2D eigenvalue weighted by atomic mass is 79.9. The minimum Gasteiger partial charge on any atom is -0.465 e. The number of aromatic nitrogens is 2. The molecular weight excluding hydrogens is 308 g/mol. The van der Waals surface area contributed by atoms with Crippen molar-refractivity contribution < 1.29 is 9.53 Å². The lowest BCUT2D eigenvalue weighted by atomic mass is 10.0. The molecule has 4 nitrogen and oxygen atoms in total. The van der Waals surface area contributed by atoms with Crippen LogP contribution in [0.3, 0.4) is 0 Å². The van der Waals surface area contributed by atoms with E-state index in [1.54, 1.807) is 0 Å². The van der Waals surface area contributed by atoms with E-state index in [-0.39, 0.29) is 11.9 Å². The van der Waals surface area contributed by atoms with Gasteiger partial charge in [-0.1, -0.05) is 29.3 Å². The number of hydrogen-bond acceptors (Lipinski definition) is 3. The summed E-state index contributed by atoms with van der Waals surface area (Å²) in [5.41, 5.74) is 1.79. The third-order valence-corrected chi connectivity index (χ3v) is 3.43. The van der Waals surface area contributed by atoms with Crippen LogP contribution < -0.4 is 0 Å². The SMILES string of the molecule is CCCC(C(=O)OCC)c1nc2ccc(Br)cc2[nH]1. The normalized spacial score (nSPS) is 12.6. The second-order valence-electron chi connectivity index (χ2n) is 4.38. The molecule has 0 fully saturated rings. The molecule has 0 amide bonds. The number of carbonyl (C=O) groups is 1.